The van der Waals surface area contributed by atoms with Gasteiger partial charge in [-0.05, 0) is 63.6 Å². The minimum absolute atomic E-state index is 0.0120. The number of piperidine rings is 2. The number of hydrogen-bond acceptors (Lipinski definition) is 4. The van der Waals surface area contributed by atoms with Gasteiger partial charge in [-0.25, -0.2) is 9.18 Å². The molecule has 2 fully saturated rings. The molecule has 3 atom stereocenters. The molecule has 3 rings (SSSR count). The van der Waals surface area contributed by atoms with E-state index in [0.717, 1.165) is 18.4 Å². The third kappa shape index (κ3) is 5.40. The zero-order valence-corrected chi connectivity index (χ0v) is 19.2. The van der Waals surface area contributed by atoms with Crippen molar-refractivity contribution in [3.8, 4) is 0 Å². The van der Waals surface area contributed by atoms with Gasteiger partial charge in [-0.2, -0.15) is 0 Å². The molecule has 0 saturated carbocycles. The van der Waals surface area contributed by atoms with E-state index in [-0.39, 0.29) is 41.6 Å². The van der Waals surface area contributed by atoms with Crippen LogP contribution in [-0.2, 0) is 14.3 Å². The number of urea groups is 1. The number of aryl methyl sites for hydroxylation is 1. The van der Waals surface area contributed by atoms with Crippen molar-refractivity contribution in [3.63, 3.8) is 0 Å². The summed E-state index contributed by atoms with van der Waals surface area (Å²) in [6.07, 6.45) is 2.74. The molecule has 0 aliphatic carbocycles. The molecule has 2 aliphatic rings. The summed E-state index contributed by atoms with van der Waals surface area (Å²) >= 11 is 0. The summed E-state index contributed by atoms with van der Waals surface area (Å²) in [5.41, 5.74) is 1.41. The first-order chi connectivity index (χ1) is 15.3. The van der Waals surface area contributed by atoms with E-state index in [4.69, 9.17) is 4.74 Å². The van der Waals surface area contributed by atoms with Crippen molar-refractivity contribution in [1.29, 1.82) is 0 Å². The lowest BCUT2D eigenvalue weighted by Gasteiger charge is -2.42. The van der Waals surface area contributed by atoms with Crippen LogP contribution in [0.15, 0.2) is 18.2 Å². The van der Waals surface area contributed by atoms with Gasteiger partial charge in [0.25, 0.3) is 0 Å². The standard InChI is InChI=1S/C24H34FN3O4/c1-4-26-24(31)28-15-18(9-11-21(28)17-8-10-20(25)16(3)13-17)22(29)27-12-6-7-19(14-27)23(30)32-5-2/h8,10,13,18-19,21H,4-7,9,11-12,14-15H2,1-3H3,(H,26,31). The molecule has 0 bridgehead atoms. The zero-order valence-electron chi connectivity index (χ0n) is 19.2. The number of esters is 1. The normalized spacial score (nSPS) is 23.6. The summed E-state index contributed by atoms with van der Waals surface area (Å²) < 4.78 is 18.9. The van der Waals surface area contributed by atoms with Gasteiger partial charge < -0.3 is 19.9 Å². The SMILES string of the molecule is CCNC(=O)N1CC(C(=O)N2CCCC(C(=O)OCC)C2)CCC1c1ccc(F)c(C)c1. The lowest BCUT2D eigenvalue weighted by Crippen LogP contribution is -2.52. The molecule has 1 N–H and O–H groups in total. The van der Waals surface area contributed by atoms with Crippen molar-refractivity contribution < 1.29 is 23.5 Å². The van der Waals surface area contributed by atoms with E-state index in [0.29, 0.717) is 51.2 Å². The lowest BCUT2D eigenvalue weighted by molar-refractivity contribution is -0.152. The molecule has 2 aliphatic heterocycles. The van der Waals surface area contributed by atoms with Gasteiger partial charge in [0.1, 0.15) is 5.82 Å². The largest absolute Gasteiger partial charge is 0.466 e. The van der Waals surface area contributed by atoms with Gasteiger partial charge in [0, 0.05) is 26.2 Å². The van der Waals surface area contributed by atoms with Gasteiger partial charge in [0.2, 0.25) is 5.91 Å². The third-order valence-corrected chi connectivity index (χ3v) is 6.44. The molecule has 2 heterocycles. The Morgan fingerprint density at radius 2 is 1.91 bits per heavy atom. The van der Waals surface area contributed by atoms with E-state index in [2.05, 4.69) is 5.32 Å². The van der Waals surface area contributed by atoms with E-state index < -0.39 is 0 Å². The van der Waals surface area contributed by atoms with Crippen LogP contribution in [0, 0.1) is 24.6 Å². The van der Waals surface area contributed by atoms with E-state index >= 15 is 0 Å². The summed E-state index contributed by atoms with van der Waals surface area (Å²) in [7, 11) is 0. The highest BCUT2D eigenvalue weighted by atomic mass is 19.1. The van der Waals surface area contributed by atoms with Crippen molar-refractivity contribution in [3.05, 3.63) is 35.1 Å². The molecule has 3 unspecified atom stereocenters. The maximum Gasteiger partial charge on any atom is 0.317 e. The molecule has 0 spiro atoms. The predicted molar refractivity (Wildman–Crippen MR) is 118 cm³/mol. The Bertz CT molecular complexity index is 847. The number of carbonyl (C=O) groups is 3. The molecular formula is C24H34FN3O4. The second kappa shape index (κ2) is 10.8. The second-order valence-electron chi connectivity index (χ2n) is 8.66. The Balaban J connectivity index is 1.74. The van der Waals surface area contributed by atoms with E-state index in [1.54, 1.807) is 35.8 Å². The summed E-state index contributed by atoms with van der Waals surface area (Å²) in [4.78, 5) is 41.8. The molecule has 0 radical (unpaired) electrons. The maximum absolute atomic E-state index is 13.8. The Hall–Kier alpha value is -2.64. The van der Waals surface area contributed by atoms with Crippen LogP contribution < -0.4 is 5.32 Å². The number of amides is 3. The number of hydrogen-bond donors (Lipinski definition) is 1. The molecule has 7 nitrogen and oxygen atoms in total. The van der Waals surface area contributed by atoms with E-state index in [1.165, 1.54) is 6.07 Å². The highest BCUT2D eigenvalue weighted by Gasteiger charge is 2.39. The van der Waals surface area contributed by atoms with Gasteiger partial charge in [-0.15, -0.1) is 0 Å². The zero-order chi connectivity index (χ0) is 23.3. The molecule has 3 amide bonds. The molecule has 1 aromatic carbocycles. The topological polar surface area (TPSA) is 79.0 Å². The Morgan fingerprint density at radius 1 is 1.12 bits per heavy atom. The van der Waals surface area contributed by atoms with Gasteiger partial charge in [-0.1, -0.05) is 12.1 Å². The first-order valence-electron chi connectivity index (χ1n) is 11.6. The monoisotopic (exact) mass is 447 g/mol. The van der Waals surface area contributed by atoms with Crippen molar-refractivity contribution in [2.75, 3.05) is 32.8 Å². The smallest absolute Gasteiger partial charge is 0.317 e. The van der Waals surface area contributed by atoms with Crippen LogP contribution in [-0.4, -0.2) is 60.5 Å². The number of rotatable bonds is 5. The molecule has 8 heteroatoms. The van der Waals surface area contributed by atoms with Crippen LogP contribution >= 0.6 is 0 Å². The Labute approximate surface area is 189 Å². The number of ether oxygens (including phenoxy) is 1. The first kappa shape index (κ1) is 24.0. The predicted octanol–water partition coefficient (Wildman–Crippen LogP) is 3.42. The Morgan fingerprint density at radius 3 is 2.59 bits per heavy atom. The minimum atomic E-state index is -0.323. The summed E-state index contributed by atoms with van der Waals surface area (Å²) in [5, 5.41) is 2.84. The molecule has 2 saturated heterocycles. The molecule has 176 valence electrons. The number of carbonyl (C=O) groups excluding carboxylic acids is 3. The number of halogens is 1. The van der Waals surface area contributed by atoms with Gasteiger partial charge >= 0.3 is 12.0 Å². The summed E-state index contributed by atoms with van der Waals surface area (Å²) in [5.74, 6) is -1.14. The van der Waals surface area contributed by atoms with Crippen LogP contribution in [0.3, 0.4) is 0 Å². The number of nitrogens with zero attached hydrogens (tertiary/aromatic N) is 2. The van der Waals surface area contributed by atoms with Crippen molar-refractivity contribution in [1.82, 2.24) is 15.1 Å². The third-order valence-electron chi connectivity index (χ3n) is 6.44. The number of nitrogens with one attached hydrogen (secondary N) is 1. The van der Waals surface area contributed by atoms with Crippen LogP contribution in [0.5, 0.6) is 0 Å². The van der Waals surface area contributed by atoms with Crippen molar-refractivity contribution >= 4 is 17.9 Å². The van der Waals surface area contributed by atoms with Crippen molar-refractivity contribution in [2.45, 2.75) is 52.5 Å². The average Bonchev–Trinajstić information content (AvgIpc) is 2.80. The molecule has 0 aromatic heterocycles. The Kier molecular flexibility index (Phi) is 8.10. The van der Waals surface area contributed by atoms with Crippen LogP contribution in [0.2, 0.25) is 0 Å². The van der Waals surface area contributed by atoms with Crippen LogP contribution in [0.25, 0.3) is 0 Å². The van der Waals surface area contributed by atoms with Crippen molar-refractivity contribution in [2.24, 2.45) is 11.8 Å². The van der Waals surface area contributed by atoms with E-state index in [1.807, 2.05) is 6.92 Å². The number of benzene rings is 1. The molecule has 32 heavy (non-hydrogen) atoms. The minimum Gasteiger partial charge on any atom is -0.466 e. The van der Waals surface area contributed by atoms with Gasteiger partial charge in [-0.3, -0.25) is 9.59 Å². The second-order valence-corrected chi connectivity index (χ2v) is 8.66. The fourth-order valence-corrected chi connectivity index (χ4v) is 4.76. The summed E-state index contributed by atoms with van der Waals surface area (Å²) in [6.45, 7) is 7.44. The summed E-state index contributed by atoms with van der Waals surface area (Å²) in [6, 6.07) is 4.50. The maximum atomic E-state index is 13.8. The van der Waals surface area contributed by atoms with Gasteiger partial charge in [0.05, 0.1) is 24.5 Å². The fraction of sp³-hybridized carbons (Fsp3) is 0.625. The van der Waals surface area contributed by atoms with E-state index in [9.17, 15) is 18.8 Å². The van der Waals surface area contributed by atoms with Crippen LogP contribution in [0.4, 0.5) is 9.18 Å². The first-order valence-corrected chi connectivity index (χ1v) is 11.6. The van der Waals surface area contributed by atoms with Gasteiger partial charge in [0.15, 0.2) is 0 Å². The fourth-order valence-electron chi connectivity index (χ4n) is 4.76. The van der Waals surface area contributed by atoms with Crippen LogP contribution in [0.1, 0.15) is 56.7 Å². The lowest BCUT2D eigenvalue weighted by atomic mass is 9.87. The quantitative estimate of drug-likeness (QED) is 0.702. The molecule has 1 aromatic rings. The highest BCUT2D eigenvalue weighted by Crippen LogP contribution is 2.35. The highest BCUT2D eigenvalue weighted by molar-refractivity contribution is 5.82. The average molecular weight is 448 g/mol. The number of likely N-dealkylation sites (tertiary alicyclic amines) is 2. The molecular weight excluding hydrogens is 413 g/mol.